The fourth-order valence-corrected chi connectivity index (χ4v) is 4.77. The lowest BCUT2D eigenvalue weighted by molar-refractivity contribution is -0.124. The summed E-state index contributed by atoms with van der Waals surface area (Å²) in [6, 6.07) is 4.15. The van der Waals surface area contributed by atoms with Crippen molar-refractivity contribution in [3.63, 3.8) is 0 Å². The molecule has 0 aromatic heterocycles. The van der Waals surface area contributed by atoms with Crippen LogP contribution >= 0.6 is 12.4 Å². The van der Waals surface area contributed by atoms with Gasteiger partial charge in [0.25, 0.3) is 0 Å². The van der Waals surface area contributed by atoms with Crippen molar-refractivity contribution in [1.29, 1.82) is 0 Å². The van der Waals surface area contributed by atoms with Crippen LogP contribution in [0.2, 0.25) is 0 Å². The number of halogens is 1. The monoisotopic (exact) mass is 374 g/mol. The summed E-state index contributed by atoms with van der Waals surface area (Å²) in [5.74, 6) is -0.374. The van der Waals surface area contributed by atoms with Crippen LogP contribution in [0.1, 0.15) is 35.1 Å². The highest BCUT2D eigenvalue weighted by atomic mass is 35.5. The van der Waals surface area contributed by atoms with Gasteiger partial charge in [0.15, 0.2) is 14.6 Å². The van der Waals surface area contributed by atoms with E-state index in [-0.39, 0.29) is 18.3 Å². The first kappa shape index (κ1) is 20.9. The Labute approximate surface area is 150 Å². The number of carbonyl (C=O) groups excluding carboxylic acids is 1. The summed E-state index contributed by atoms with van der Waals surface area (Å²) in [6.07, 6.45) is 1.81. The van der Waals surface area contributed by atoms with Crippen molar-refractivity contribution >= 4 is 28.2 Å². The minimum absolute atomic E-state index is 0. The average Bonchev–Trinajstić information content (AvgIpc) is 2.45. The molecule has 1 heterocycles. The standard InChI is InChI=1S/C17H26N2O3S.ClH/c1-12-9-13(2)15(14(3)10-12)11-19-16(20)17(23(4,21)22)5-7-18-8-6-17;/h9-10,18H,5-8,11H2,1-4H3,(H,19,20);1H. The molecule has 1 aromatic rings. The van der Waals surface area contributed by atoms with Crippen LogP contribution in [-0.2, 0) is 21.2 Å². The zero-order valence-electron chi connectivity index (χ0n) is 14.7. The number of nitrogens with one attached hydrogen (secondary N) is 2. The summed E-state index contributed by atoms with van der Waals surface area (Å²) in [6.45, 7) is 7.51. The lowest BCUT2D eigenvalue weighted by atomic mass is 9.95. The molecular formula is C17H27ClN2O3S. The van der Waals surface area contributed by atoms with Gasteiger partial charge in [-0.05, 0) is 63.4 Å². The van der Waals surface area contributed by atoms with Crippen molar-refractivity contribution < 1.29 is 13.2 Å². The van der Waals surface area contributed by atoms with Gasteiger partial charge in [0.05, 0.1) is 0 Å². The quantitative estimate of drug-likeness (QED) is 0.842. The molecule has 1 aliphatic rings. The molecule has 1 aromatic carbocycles. The molecule has 0 unspecified atom stereocenters. The van der Waals surface area contributed by atoms with Gasteiger partial charge >= 0.3 is 0 Å². The van der Waals surface area contributed by atoms with E-state index < -0.39 is 14.6 Å². The maximum atomic E-state index is 12.7. The van der Waals surface area contributed by atoms with Gasteiger partial charge in [0.2, 0.25) is 5.91 Å². The first-order valence-corrected chi connectivity index (χ1v) is 9.82. The predicted molar refractivity (Wildman–Crippen MR) is 99.4 cm³/mol. The first-order valence-electron chi connectivity index (χ1n) is 7.93. The number of carbonyl (C=O) groups is 1. The third-order valence-electron chi connectivity index (χ3n) is 4.80. The summed E-state index contributed by atoms with van der Waals surface area (Å²) in [4.78, 5) is 12.7. The Morgan fingerprint density at radius 2 is 1.67 bits per heavy atom. The lowest BCUT2D eigenvalue weighted by Crippen LogP contribution is -2.57. The van der Waals surface area contributed by atoms with Gasteiger partial charge in [-0.25, -0.2) is 8.42 Å². The van der Waals surface area contributed by atoms with Crippen LogP contribution in [-0.4, -0.2) is 38.4 Å². The van der Waals surface area contributed by atoms with Gasteiger partial charge in [-0.2, -0.15) is 0 Å². The van der Waals surface area contributed by atoms with Crippen LogP contribution in [0.25, 0.3) is 0 Å². The number of piperidine rings is 1. The first-order chi connectivity index (χ1) is 10.7. The zero-order chi connectivity index (χ0) is 17.3. The minimum atomic E-state index is -3.47. The molecule has 1 fully saturated rings. The molecule has 2 rings (SSSR count). The largest absolute Gasteiger partial charge is 0.351 e. The fourth-order valence-electron chi connectivity index (χ4n) is 3.42. The summed E-state index contributed by atoms with van der Waals surface area (Å²) in [5.41, 5.74) is 4.46. The number of aryl methyl sites for hydroxylation is 3. The topological polar surface area (TPSA) is 75.3 Å². The van der Waals surface area contributed by atoms with E-state index in [1.807, 2.05) is 20.8 Å². The molecular weight excluding hydrogens is 348 g/mol. The normalized spacial score (nSPS) is 17.0. The summed E-state index contributed by atoms with van der Waals surface area (Å²) >= 11 is 0. The van der Waals surface area contributed by atoms with Crippen molar-refractivity contribution in [2.45, 2.75) is 44.9 Å². The molecule has 0 saturated carbocycles. The summed E-state index contributed by atoms with van der Waals surface area (Å²) < 4.78 is 23.2. The molecule has 1 amide bonds. The Hall–Kier alpha value is -1.11. The molecule has 2 N–H and O–H groups in total. The third kappa shape index (κ3) is 4.10. The van der Waals surface area contributed by atoms with E-state index in [1.54, 1.807) is 0 Å². The van der Waals surface area contributed by atoms with Crippen LogP contribution in [0.15, 0.2) is 12.1 Å². The smallest absolute Gasteiger partial charge is 0.241 e. The van der Waals surface area contributed by atoms with Crippen molar-refractivity contribution in [3.8, 4) is 0 Å². The molecule has 0 spiro atoms. The summed E-state index contributed by atoms with van der Waals surface area (Å²) in [5, 5.41) is 5.99. The molecule has 1 aliphatic heterocycles. The Morgan fingerprint density at radius 3 is 2.12 bits per heavy atom. The van der Waals surface area contributed by atoms with E-state index in [1.165, 1.54) is 11.8 Å². The van der Waals surface area contributed by atoms with Crippen LogP contribution in [0, 0.1) is 20.8 Å². The molecule has 136 valence electrons. The molecule has 0 aliphatic carbocycles. The number of hydrogen-bond donors (Lipinski definition) is 2. The molecule has 0 atom stereocenters. The van der Waals surface area contributed by atoms with Crippen molar-refractivity contribution in [2.24, 2.45) is 0 Å². The second-order valence-electron chi connectivity index (χ2n) is 6.58. The predicted octanol–water partition coefficient (Wildman–Crippen LogP) is 1.82. The zero-order valence-corrected chi connectivity index (χ0v) is 16.4. The molecule has 0 bridgehead atoms. The molecule has 5 nitrogen and oxygen atoms in total. The second-order valence-corrected chi connectivity index (χ2v) is 8.90. The maximum absolute atomic E-state index is 12.7. The van der Waals surface area contributed by atoms with Gasteiger partial charge in [0.1, 0.15) is 0 Å². The Kier molecular flexibility index (Phi) is 6.84. The van der Waals surface area contributed by atoms with Crippen LogP contribution < -0.4 is 10.6 Å². The van der Waals surface area contributed by atoms with Gasteiger partial charge < -0.3 is 10.6 Å². The van der Waals surface area contributed by atoms with Crippen molar-refractivity contribution in [1.82, 2.24) is 10.6 Å². The molecule has 24 heavy (non-hydrogen) atoms. The molecule has 0 radical (unpaired) electrons. The number of sulfone groups is 1. The van der Waals surface area contributed by atoms with E-state index in [2.05, 4.69) is 22.8 Å². The number of amides is 1. The van der Waals surface area contributed by atoms with Gasteiger partial charge in [-0.15, -0.1) is 12.4 Å². The van der Waals surface area contributed by atoms with E-state index in [0.717, 1.165) is 16.7 Å². The Morgan fingerprint density at radius 1 is 1.17 bits per heavy atom. The third-order valence-corrected chi connectivity index (χ3v) is 6.81. The van der Waals surface area contributed by atoms with Crippen LogP contribution in [0.3, 0.4) is 0 Å². The molecule has 1 saturated heterocycles. The van der Waals surface area contributed by atoms with Crippen molar-refractivity contribution in [3.05, 3.63) is 34.4 Å². The van der Waals surface area contributed by atoms with E-state index in [0.29, 0.717) is 32.5 Å². The number of rotatable bonds is 4. The van der Waals surface area contributed by atoms with Crippen LogP contribution in [0.5, 0.6) is 0 Å². The van der Waals surface area contributed by atoms with Gasteiger partial charge in [0, 0.05) is 12.8 Å². The van der Waals surface area contributed by atoms with Crippen molar-refractivity contribution in [2.75, 3.05) is 19.3 Å². The van der Waals surface area contributed by atoms with E-state index in [4.69, 9.17) is 0 Å². The lowest BCUT2D eigenvalue weighted by Gasteiger charge is -2.34. The minimum Gasteiger partial charge on any atom is -0.351 e. The molecule has 7 heteroatoms. The van der Waals surface area contributed by atoms with E-state index >= 15 is 0 Å². The van der Waals surface area contributed by atoms with Gasteiger partial charge in [-0.3, -0.25) is 4.79 Å². The summed E-state index contributed by atoms with van der Waals surface area (Å²) in [7, 11) is -3.47. The highest BCUT2D eigenvalue weighted by molar-refractivity contribution is 7.92. The Balaban J connectivity index is 0.00000288. The van der Waals surface area contributed by atoms with Gasteiger partial charge in [-0.1, -0.05) is 17.7 Å². The highest BCUT2D eigenvalue weighted by Crippen LogP contribution is 2.28. The van der Waals surface area contributed by atoms with Crippen LogP contribution in [0.4, 0.5) is 0 Å². The number of hydrogen-bond acceptors (Lipinski definition) is 4. The Bertz CT molecular complexity index is 688. The SMILES string of the molecule is Cc1cc(C)c(CNC(=O)C2(S(C)(=O)=O)CCNCC2)c(C)c1.Cl. The average molecular weight is 375 g/mol. The number of benzene rings is 1. The fraction of sp³-hybridized carbons (Fsp3) is 0.588. The highest BCUT2D eigenvalue weighted by Gasteiger charge is 2.48. The maximum Gasteiger partial charge on any atom is 0.241 e. The van der Waals surface area contributed by atoms with E-state index in [9.17, 15) is 13.2 Å². The second kappa shape index (κ2) is 7.85.